The van der Waals surface area contributed by atoms with E-state index in [1.54, 1.807) is 0 Å². The van der Waals surface area contributed by atoms with Crippen LogP contribution in [0.4, 0.5) is 0 Å². The van der Waals surface area contributed by atoms with Crippen molar-refractivity contribution in [3.05, 3.63) is 0 Å². The summed E-state index contributed by atoms with van der Waals surface area (Å²) < 4.78 is 0. The van der Waals surface area contributed by atoms with E-state index in [1.807, 2.05) is 0 Å². The summed E-state index contributed by atoms with van der Waals surface area (Å²) in [6, 6.07) is 0. The number of aliphatic hydroxyl groups excluding tert-OH is 1. The van der Waals surface area contributed by atoms with Crippen LogP contribution < -0.4 is 5.32 Å². The summed E-state index contributed by atoms with van der Waals surface area (Å²) in [4.78, 5) is 0. The molecule has 2 nitrogen and oxygen atoms in total. The highest BCUT2D eigenvalue weighted by atomic mass is 16.3. The number of aliphatic hydroxyl groups is 1. The van der Waals surface area contributed by atoms with Crippen LogP contribution in [0.25, 0.3) is 0 Å². The summed E-state index contributed by atoms with van der Waals surface area (Å²) in [7, 11) is 0. The first-order chi connectivity index (χ1) is 6.52. The lowest BCUT2D eigenvalue weighted by atomic mass is 9.76. The topological polar surface area (TPSA) is 32.3 Å². The second-order valence-electron chi connectivity index (χ2n) is 5.44. The first-order valence-corrected chi connectivity index (χ1v) is 5.91. The molecule has 0 bridgehead atoms. The summed E-state index contributed by atoms with van der Waals surface area (Å²) in [6.07, 6.45) is 4.73. The molecule has 0 unspecified atom stereocenters. The zero-order chi connectivity index (χ0) is 10.6. The van der Waals surface area contributed by atoms with Crippen LogP contribution in [-0.4, -0.2) is 24.3 Å². The predicted octanol–water partition coefficient (Wildman–Crippen LogP) is 2.17. The summed E-state index contributed by atoms with van der Waals surface area (Å²) >= 11 is 0. The van der Waals surface area contributed by atoms with Crippen LogP contribution >= 0.6 is 0 Å². The summed E-state index contributed by atoms with van der Waals surface area (Å²) in [6.45, 7) is 9.42. The minimum atomic E-state index is 0.0648. The van der Waals surface area contributed by atoms with Crippen molar-refractivity contribution in [3.63, 3.8) is 0 Å². The van der Waals surface area contributed by atoms with Crippen LogP contribution in [0.3, 0.4) is 0 Å². The van der Waals surface area contributed by atoms with Crippen LogP contribution in [0, 0.1) is 11.3 Å². The fourth-order valence-electron chi connectivity index (χ4n) is 1.68. The molecule has 2 aliphatic rings. The quantitative estimate of drug-likeness (QED) is 0.626. The molecule has 0 aromatic carbocycles. The van der Waals surface area contributed by atoms with Gasteiger partial charge in [0.2, 0.25) is 0 Å². The van der Waals surface area contributed by atoms with Crippen molar-refractivity contribution in [1.29, 1.82) is 0 Å². The molecule has 1 saturated carbocycles. The van der Waals surface area contributed by atoms with Gasteiger partial charge in [-0.15, -0.1) is 0 Å². The molecule has 2 heteroatoms. The van der Waals surface area contributed by atoms with Crippen molar-refractivity contribution in [1.82, 2.24) is 5.32 Å². The lowest BCUT2D eigenvalue weighted by Crippen LogP contribution is -2.41. The summed E-state index contributed by atoms with van der Waals surface area (Å²) in [5.41, 5.74) is 0.526. The molecule has 0 spiro atoms. The first kappa shape index (κ1) is 12.0. The Labute approximate surface area is 88.1 Å². The van der Waals surface area contributed by atoms with Crippen molar-refractivity contribution >= 4 is 0 Å². The van der Waals surface area contributed by atoms with E-state index in [9.17, 15) is 0 Å². The number of nitrogens with one attached hydrogen (secondary N) is 1. The van der Waals surface area contributed by atoms with Gasteiger partial charge in [-0.25, -0.2) is 0 Å². The fourth-order valence-corrected chi connectivity index (χ4v) is 1.68. The third-order valence-corrected chi connectivity index (χ3v) is 3.74. The van der Waals surface area contributed by atoms with E-state index in [4.69, 9.17) is 5.11 Å². The Morgan fingerprint density at radius 2 is 1.79 bits per heavy atom. The molecular formula is C12H25NO. The predicted molar refractivity (Wildman–Crippen MR) is 60.3 cm³/mol. The highest BCUT2D eigenvalue weighted by Crippen LogP contribution is 2.30. The highest BCUT2D eigenvalue weighted by molar-refractivity contribution is 4.82. The van der Waals surface area contributed by atoms with E-state index in [1.165, 1.54) is 25.9 Å². The molecule has 0 radical (unpaired) electrons. The summed E-state index contributed by atoms with van der Waals surface area (Å²) in [5, 5.41) is 11.9. The maximum Gasteiger partial charge on any atom is 0.0540 e. The van der Waals surface area contributed by atoms with E-state index >= 15 is 0 Å². The lowest BCUT2D eigenvalue weighted by molar-refractivity contribution is 0.0950. The van der Waals surface area contributed by atoms with Gasteiger partial charge in [-0.1, -0.05) is 20.8 Å². The van der Waals surface area contributed by atoms with Crippen molar-refractivity contribution in [3.8, 4) is 0 Å². The standard InChI is InChI=1S/C8H17N.C4H8O/c1-7-4-5-9-6-8(7,2)3;5-4-2-1-3-4/h7,9H,4-6H2,1-3H3;4-5H,1-3H2/t7-;/m0./s1. The van der Waals surface area contributed by atoms with Gasteiger partial charge in [0.1, 0.15) is 0 Å². The Hall–Kier alpha value is -0.0800. The van der Waals surface area contributed by atoms with Gasteiger partial charge >= 0.3 is 0 Å². The van der Waals surface area contributed by atoms with Gasteiger partial charge in [0.05, 0.1) is 6.10 Å². The molecule has 14 heavy (non-hydrogen) atoms. The van der Waals surface area contributed by atoms with E-state index in [0.717, 1.165) is 18.8 Å². The molecule has 2 N–H and O–H groups in total. The zero-order valence-corrected chi connectivity index (χ0v) is 9.84. The van der Waals surface area contributed by atoms with Crippen LogP contribution in [0.15, 0.2) is 0 Å². The van der Waals surface area contributed by atoms with E-state index in [0.29, 0.717) is 5.41 Å². The molecule has 0 aromatic heterocycles. The van der Waals surface area contributed by atoms with E-state index in [2.05, 4.69) is 26.1 Å². The molecule has 1 atom stereocenters. The highest BCUT2D eigenvalue weighted by Gasteiger charge is 2.27. The van der Waals surface area contributed by atoms with Crippen molar-refractivity contribution in [2.75, 3.05) is 13.1 Å². The maximum atomic E-state index is 8.45. The Balaban J connectivity index is 0.000000165. The van der Waals surface area contributed by atoms with Crippen molar-refractivity contribution < 1.29 is 5.11 Å². The number of rotatable bonds is 0. The average molecular weight is 199 g/mol. The van der Waals surface area contributed by atoms with Gasteiger partial charge in [-0.3, -0.25) is 0 Å². The molecule has 1 aliphatic heterocycles. The van der Waals surface area contributed by atoms with Gasteiger partial charge in [0, 0.05) is 6.54 Å². The SMILES string of the molecule is C[C@H]1CCNCC1(C)C.OC1CCC1. The third kappa shape index (κ3) is 3.58. The second kappa shape index (κ2) is 5.13. The zero-order valence-electron chi connectivity index (χ0n) is 9.84. The molecule has 1 aliphatic carbocycles. The Bertz CT molecular complexity index is 164. The lowest BCUT2D eigenvalue weighted by Gasteiger charge is -2.36. The second-order valence-corrected chi connectivity index (χ2v) is 5.44. The Morgan fingerprint density at radius 1 is 1.21 bits per heavy atom. The third-order valence-electron chi connectivity index (χ3n) is 3.74. The minimum Gasteiger partial charge on any atom is -0.393 e. The van der Waals surface area contributed by atoms with Crippen molar-refractivity contribution in [2.24, 2.45) is 11.3 Å². The minimum absolute atomic E-state index is 0.0648. The van der Waals surface area contributed by atoms with E-state index in [-0.39, 0.29) is 6.10 Å². The largest absolute Gasteiger partial charge is 0.393 e. The number of piperidine rings is 1. The molecular weight excluding hydrogens is 174 g/mol. The van der Waals surface area contributed by atoms with E-state index < -0.39 is 0 Å². The maximum absolute atomic E-state index is 8.45. The van der Waals surface area contributed by atoms with Crippen LogP contribution in [-0.2, 0) is 0 Å². The number of hydrogen-bond acceptors (Lipinski definition) is 2. The smallest absolute Gasteiger partial charge is 0.0540 e. The van der Waals surface area contributed by atoms with Crippen LogP contribution in [0.2, 0.25) is 0 Å². The summed E-state index contributed by atoms with van der Waals surface area (Å²) in [5.74, 6) is 0.888. The first-order valence-electron chi connectivity index (χ1n) is 5.91. The molecule has 1 heterocycles. The molecule has 1 saturated heterocycles. The van der Waals surface area contributed by atoms with Crippen LogP contribution in [0.5, 0.6) is 0 Å². The molecule has 2 fully saturated rings. The molecule has 0 amide bonds. The number of hydrogen-bond donors (Lipinski definition) is 2. The molecule has 2 rings (SSSR count). The molecule has 0 aromatic rings. The fraction of sp³-hybridized carbons (Fsp3) is 1.00. The van der Waals surface area contributed by atoms with Gasteiger partial charge in [0.25, 0.3) is 0 Å². The van der Waals surface area contributed by atoms with Gasteiger partial charge < -0.3 is 10.4 Å². The Kier molecular flexibility index (Phi) is 4.39. The monoisotopic (exact) mass is 199 g/mol. The average Bonchev–Trinajstić information content (AvgIpc) is 2.08. The van der Waals surface area contributed by atoms with Gasteiger partial charge in [-0.2, -0.15) is 0 Å². The molecule has 84 valence electrons. The van der Waals surface area contributed by atoms with Gasteiger partial charge in [-0.05, 0) is 43.6 Å². The normalized spacial score (nSPS) is 31.3. The Morgan fingerprint density at radius 3 is 2.00 bits per heavy atom. The van der Waals surface area contributed by atoms with Crippen molar-refractivity contribution in [2.45, 2.75) is 52.6 Å². The van der Waals surface area contributed by atoms with Crippen LogP contribution in [0.1, 0.15) is 46.5 Å². The van der Waals surface area contributed by atoms with Gasteiger partial charge in [0.15, 0.2) is 0 Å².